The van der Waals surface area contributed by atoms with Crippen LogP contribution in [0, 0.1) is 5.82 Å². The fraction of sp³-hybridized carbons (Fsp3) is 0.333. The maximum absolute atomic E-state index is 14.9. The summed E-state index contributed by atoms with van der Waals surface area (Å²) in [4.78, 5) is 22.5. The smallest absolute Gasteiger partial charge is 0.322 e. The van der Waals surface area contributed by atoms with Crippen LogP contribution in [0.4, 0.5) is 10.1 Å². The van der Waals surface area contributed by atoms with Gasteiger partial charge < -0.3 is 19.9 Å². The number of aromatic amines is 1. The number of aromatic nitrogens is 2. The second kappa shape index (κ2) is 6.91. The van der Waals surface area contributed by atoms with Gasteiger partial charge >= 0.3 is 5.97 Å². The Kier molecular flexibility index (Phi) is 4.24. The highest BCUT2D eigenvalue weighted by Crippen LogP contribution is 2.37. The van der Waals surface area contributed by atoms with E-state index in [1.165, 1.54) is 0 Å². The van der Waals surface area contributed by atoms with E-state index in [1.807, 2.05) is 24.3 Å². The third-order valence-corrected chi connectivity index (χ3v) is 5.49. The summed E-state index contributed by atoms with van der Waals surface area (Å²) in [6.07, 6.45) is 1.23. The first kappa shape index (κ1) is 17.2. The van der Waals surface area contributed by atoms with Gasteiger partial charge in [0.15, 0.2) is 0 Å². The number of nitrogens with one attached hydrogen (secondary N) is 2. The second-order valence-electron chi connectivity index (χ2n) is 7.31. The third kappa shape index (κ3) is 3.01. The van der Waals surface area contributed by atoms with Gasteiger partial charge in [-0.15, -0.1) is 0 Å². The number of carbonyl (C=O) groups excluding carboxylic acids is 1. The predicted octanol–water partition coefficient (Wildman–Crippen LogP) is 2.75. The number of ether oxygens (including phenoxy) is 1. The number of anilines is 1. The minimum Gasteiger partial charge on any atom is -0.425 e. The minimum absolute atomic E-state index is 0.238. The van der Waals surface area contributed by atoms with E-state index in [0.29, 0.717) is 17.1 Å². The molecule has 1 unspecified atom stereocenters. The van der Waals surface area contributed by atoms with Gasteiger partial charge in [-0.05, 0) is 37.6 Å². The van der Waals surface area contributed by atoms with Gasteiger partial charge in [-0.2, -0.15) is 0 Å². The van der Waals surface area contributed by atoms with Crippen molar-refractivity contribution in [2.45, 2.75) is 18.8 Å². The van der Waals surface area contributed by atoms with Crippen LogP contribution in [-0.4, -0.2) is 42.1 Å². The molecule has 0 radical (unpaired) electrons. The van der Waals surface area contributed by atoms with Crippen molar-refractivity contribution < 1.29 is 13.9 Å². The molecule has 2 aliphatic rings. The largest absolute Gasteiger partial charge is 0.425 e. The molecule has 2 N–H and O–H groups in total. The number of fused-ring (bicyclic) bond motifs is 2. The van der Waals surface area contributed by atoms with E-state index >= 15 is 0 Å². The summed E-state index contributed by atoms with van der Waals surface area (Å²) in [7, 11) is 0. The molecule has 1 fully saturated rings. The molecule has 3 heterocycles. The highest BCUT2D eigenvalue weighted by atomic mass is 19.1. The number of H-pyrrole nitrogens is 1. The van der Waals surface area contributed by atoms with Crippen LogP contribution in [0.1, 0.15) is 23.7 Å². The summed E-state index contributed by atoms with van der Waals surface area (Å²) >= 11 is 0. The number of carbonyl (C=O) groups is 1. The SMILES string of the molecule is O=C1Oc2cc(N3CCCNCC3)cc(F)c2CC1c1nc2ccccc2[nH]1. The summed E-state index contributed by atoms with van der Waals surface area (Å²) in [5, 5.41) is 3.33. The molecule has 144 valence electrons. The topological polar surface area (TPSA) is 70.2 Å². The first-order valence-corrected chi connectivity index (χ1v) is 9.63. The van der Waals surface area contributed by atoms with Crippen molar-refractivity contribution in [2.24, 2.45) is 0 Å². The molecule has 3 aromatic rings. The van der Waals surface area contributed by atoms with Crippen LogP contribution < -0.4 is 15.0 Å². The van der Waals surface area contributed by atoms with Crippen LogP contribution in [0.3, 0.4) is 0 Å². The van der Waals surface area contributed by atoms with Gasteiger partial charge in [-0.3, -0.25) is 4.79 Å². The van der Waals surface area contributed by atoms with Crippen LogP contribution >= 0.6 is 0 Å². The lowest BCUT2D eigenvalue weighted by Crippen LogP contribution is -2.30. The molecule has 2 aromatic carbocycles. The Balaban J connectivity index is 1.47. The molecule has 0 saturated carbocycles. The minimum atomic E-state index is -0.636. The molecular formula is C21H21FN4O2. The number of benzene rings is 2. The van der Waals surface area contributed by atoms with Gasteiger partial charge in [-0.25, -0.2) is 9.37 Å². The van der Waals surface area contributed by atoms with Crippen LogP contribution in [0.2, 0.25) is 0 Å². The normalized spacial score (nSPS) is 20.0. The first-order chi connectivity index (χ1) is 13.7. The average Bonchev–Trinajstić information content (AvgIpc) is 2.93. The fourth-order valence-electron chi connectivity index (χ4n) is 3.99. The Morgan fingerprint density at radius 3 is 2.96 bits per heavy atom. The molecule has 2 aliphatic heterocycles. The number of esters is 1. The zero-order valence-corrected chi connectivity index (χ0v) is 15.4. The Hall–Kier alpha value is -2.93. The summed E-state index contributed by atoms with van der Waals surface area (Å²) in [6.45, 7) is 3.46. The summed E-state index contributed by atoms with van der Waals surface area (Å²) in [5.74, 6) is -0.537. The van der Waals surface area contributed by atoms with Gasteiger partial charge in [0.25, 0.3) is 0 Å². The quantitative estimate of drug-likeness (QED) is 0.529. The molecule has 1 aromatic heterocycles. The van der Waals surface area contributed by atoms with Crippen molar-refractivity contribution in [3.05, 3.63) is 53.6 Å². The Bertz CT molecular complexity index is 1010. The molecule has 1 saturated heterocycles. The third-order valence-electron chi connectivity index (χ3n) is 5.49. The number of hydrogen-bond donors (Lipinski definition) is 2. The van der Waals surface area contributed by atoms with Crippen LogP contribution in [0.15, 0.2) is 36.4 Å². The van der Waals surface area contributed by atoms with Crippen molar-refractivity contribution in [3.8, 4) is 5.75 Å². The molecule has 28 heavy (non-hydrogen) atoms. The van der Waals surface area contributed by atoms with Crippen LogP contribution in [0.5, 0.6) is 5.75 Å². The van der Waals surface area contributed by atoms with Crippen molar-refractivity contribution in [1.82, 2.24) is 15.3 Å². The second-order valence-corrected chi connectivity index (χ2v) is 7.31. The lowest BCUT2D eigenvalue weighted by atomic mass is 9.94. The van der Waals surface area contributed by atoms with Crippen LogP contribution in [0.25, 0.3) is 11.0 Å². The molecule has 0 bridgehead atoms. The van der Waals surface area contributed by atoms with E-state index in [2.05, 4.69) is 20.2 Å². The Morgan fingerprint density at radius 1 is 1.18 bits per heavy atom. The van der Waals surface area contributed by atoms with Gasteiger partial charge in [0.1, 0.15) is 23.3 Å². The van der Waals surface area contributed by atoms with Gasteiger partial charge in [0, 0.05) is 37.0 Å². The van der Waals surface area contributed by atoms with E-state index in [4.69, 9.17) is 4.74 Å². The zero-order chi connectivity index (χ0) is 19.1. The van der Waals surface area contributed by atoms with Gasteiger partial charge in [0.05, 0.1) is 11.0 Å². The maximum atomic E-state index is 14.9. The van der Waals surface area contributed by atoms with E-state index in [9.17, 15) is 9.18 Å². The van der Waals surface area contributed by atoms with Crippen molar-refractivity contribution in [3.63, 3.8) is 0 Å². The van der Waals surface area contributed by atoms with E-state index < -0.39 is 11.9 Å². The molecule has 0 aliphatic carbocycles. The van der Waals surface area contributed by atoms with Gasteiger partial charge in [0.2, 0.25) is 0 Å². The monoisotopic (exact) mass is 380 g/mol. The lowest BCUT2D eigenvalue weighted by Gasteiger charge is -2.27. The van der Waals surface area contributed by atoms with E-state index in [0.717, 1.165) is 49.3 Å². The highest BCUT2D eigenvalue weighted by Gasteiger charge is 2.34. The molecule has 0 spiro atoms. The average molecular weight is 380 g/mol. The lowest BCUT2D eigenvalue weighted by molar-refractivity contribution is -0.137. The van der Waals surface area contributed by atoms with Crippen molar-refractivity contribution in [1.29, 1.82) is 0 Å². The zero-order valence-electron chi connectivity index (χ0n) is 15.4. The van der Waals surface area contributed by atoms with Crippen molar-refractivity contribution in [2.75, 3.05) is 31.1 Å². The molecule has 0 amide bonds. The highest BCUT2D eigenvalue weighted by molar-refractivity contribution is 5.84. The number of hydrogen-bond acceptors (Lipinski definition) is 5. The predicted molar refractivity (Wildman–Crippen MR) is 104 cm³/mol. The molecule has 5 rings (SSSR count). The molecule has 1 atom stereocenters. The Morgan fingerprint density at radius 2 is 2.07 bits per heavy atom. The fourth-order valence-corrected chi connectivity index (χ4v) is 3.99. The summed E-state index contributed by atoms with van der Waals surface area (Å²) < 4.78 is 20.5. The number of imidazole rings is 1. The first-order valence-electron chi connectivity index (χ1n) is 9.63. The maximum Gasteiger partial charge on any atom is 0.322 e. The number of halogens is 1. The number of rotatable bonds is 2. The molecular weight excluding hydrogens is 359 g/mol. The summed E-state index contributed by atoms with van der Waals surface area (Å²) in [6, 6.07) is 10.9. The number of para-hydroxylation sites is 2. The standard InChI is InChI=1S/C21H21FN4O2/c22-16-10-13(26-8-3-6-23-7-9-26)11-19-14(16)12-15(21(27)28-19)20-24-17-4-1-2-5-18(17)25-20/h1-2,4-5,10-11,15,23H,3,6-9,12H2,(H,24,25). The molecule has 6 nitrogen and oxygen atoms in total. The van der Waals surface area contributed by atoms with Gasteiger partial charge in [-0.1, -0.05) is 12.1 Å². The van der Waals surface area contributed by atoms with Crippen molar-refractivity contribution >= 4 is 22.7 Å². The summed E-state index contributed by atoms with van der Waals surface area (Å²) in [5.41, 5.74) is 2.82. The van der Waals surface area contributed by atoms with E-state index in [1.54, 1.807) is 12.1 Å². The number of nitrogens with zero attached hydrogens (tertiary/aromatic N) is 2. The van der Waals surface area contributed by atoms with Crippen LogP contribution in [-0.2, 0) is 11.2 Å². The Labute approximate surface area is 161 Å². The van der Waals surface area contributed by atoms with E-state index in [-0.39, 0.29) is 12.2 Å². The molecule has 7 heteroatoms.